The van der Waals surface area contributed by atoms with Gasteiger partial charge >= 0.3 is 0 Å². The fraction of sp³-hybridized carbons (Fsp3) is 0.647. The SMILES string of the molecule is Cc1ccc(C(N)CCN(C)C2CCN(C)CC2)cc1. The van der Waals surface area contributed by atoms with Crippen LogP contribution in [0.1, 0.15) is 36.4 Å². The van der Waals surface area contributed by atoms with Crippen LogP contribution in [-0.4, -0.2) is 49.6 Å². The highest BCUT2D eigenvalue weighted by molar-refractivity contribution is 5.23. The maximum absolute atomic E-state index is 6.31. The van der Waals surface area contributed by atoms with Crippen LogP contribution in [0.2, 0.25) is 0 Å². The quantitative estimate of drug-likeness (QED) is 0.895. The summed E-state index contributed by atoms with van der Waals surface area (Å²) in [5.74, 6) is 0. The Balaban J connectivity index is 1.77. The van der Waals surface area contributed by atoms with Crippen LogP contribution in [0.4, 0.5) is 0 Å². The van der Waals surface area contributed by atoms with E-state index in [0.717, 1.165) is 19.0 Å². The van der Waals surface area contributed by atoms with Crippen molar-refractivity contribution in [2.45, 2.75) is 38.3 Å². The number of hydrogen-bond acceptors (Lipinski definition) is 3. The lowest BCUT2D eigenvalue weighted by Crippen LogP contribution is -2.42. The van der Waals surface area contributed by atoms with Gasteiger partial charge in [-0.1, -0.05) is 29.8 Å². The monoisotopic (exact) mass is 275 g/mol. The average molecular weight is 275 g/mol. The minimum Gasteiger partial charge on any atom is -0.324 e. The summed E-state index contributed by atoms with van der Waals surface area (Å²) in [5, 5.41) is 0. The second-order valence-electron chi connectivity index (χ2n) is 6.32. The zero-order chi connectivity index (χ0) is 14.5. The van der Waals surface area contributed by atoms with E-state index in [9.17, 15) is 0 Å². The Morgan fingerprint density at radius 2 is 1.85 bits per heavy atom. The van der Waals surface area contributed by atoms with Gasteiger partial charge in [0, 0.05) is 12.1 Å². The molecule has 1 unspecified atom stereocenters. The number of hydrogen-bond donors (Lipinski definition) is 1. The van der Waals surface area contributed by atoms with Gasteiger partial charge in [0.1, 0.15) is 0 Å². The average Bonchev–Trinajstić information content (AvgIpc) is 2.46. The van der Waals surface area contributed by atoms with Crippen molar-refractivity contribution in [2.24, 2.45) is 5.73 Å². The normalized spacial score (nSPS) is 19.4. The Bertz CT molecular complexity index is 393. The van der Waals surface area contributed by atoms with Crippen LogP contribution < -0.4 is 5.73 Å². The predicted molar refractivity (Wildman–Crippen MR) is 85.9 cm³/mol. The molecule has 3 nitrogen and oxygen atoms in total. The molecule has 1 aromatic carbocycles. The molecule has 0 bridgehead atoms. The first-order valence-corrected chi connectivity index (χ1v) is 7.77. The molecule has 1 aliphatic heterocycles. The summed E-state index contributed by atoms with van der Waals surface area (Å²) < 4.78 is 0. The smallest absolute Gasteiger partial charge is 0.0307 e. The minimum atomic E-state index is 0.157. The van der Waals surface area contributed by atoms with Crippen molar-refractivity contribution in [3.05, 3.63) is 35.4 Å². The molecule has 1 saturated heterocycles. The lowest BCUT2D eigenvalue weighted by molar-refractivity contribution is 0.141. The van der Waals surface area contributed by atoms with Gasteiger partial charge in [0.05, 0.1) is 0 Å². The molecule has 2 rings (SSSR count). The highest BCUT2D eigenvalue weighted by atomic mass is 15.2. The molecule has 0 spiro atoms. The molecule has 0 aromatic heterocycles. The molecule has 1 atom stereocenters. The van der Waals surface area contributed by atoms with E-state index in [4.69, 9.17) is 5.73 Å². The fourth-order valence-electron chi connectivity index (χ4n) is 2.94. The number of likely N-dealkylation sites (tertiary alicyclic amines) is 1. The van der Waals surface area contributed by atoms with Crippen LogP contribution in [0, 0.1) is 6.92 Å². The van der Waals surface area contributed by atoms with Gasteiger partial charge in [0.25, 0.3) is 0 Å². The highest BCUT2D eigenvalue weighted by Gasteiger charge is 2.20. The molecular weight excluding hydrogens is 246 g/mol. The Morgan fingerprint density at radius 3 is 2.45 bits per heavy atom. The van der Waals surface area contributed by atoms with Gasteiger partial charge in [-0.2, -0.15) is 0 Å². The predicted octanol–water partition coefficient (Wildman–Crippen LogP) is 2.41. The zero-order valence-electron chi connectivity index (χ0n) is 13.2. The number of aryl methyl sites for hydroxylation is 1. The molecule has 112 valence electrons. The molecule has 0 radical (unpaired) electrons. The van der Waals surface area contributed by atoms with Gasteiger partial charge in [0.15, 0.2) is 0 Å². The summed E-state index contributed by atoms with van der Waals surface area (Å²) in [5.41, 5.74) is 8.86. The molecule has 1 heterocycles. The van der Waals surface area contributed by atoms with E-state index < -0.39 is 0 Å². The Labute approximate surface area is 123 Å². The van der Waals surface area contributed by atoms with E-state index in [2.05, 4.69) is 55.1 Å². The van der Waals surface area contributed by atoms with Gasteiger partial charge in [-0.15, -0.1) is 0 Å². The Morgan fingerprint density at radius 1 is 1.25 bits per heavy atom. The minimum absolute atomic E-state index is 0.157. The van der Waals surface area contributed by atoms with Gasteiger partial charge < -0.3 is 15.5 Å². The van der Waals surface area contributed by atoms with Crippen molar-refractivity contribution >= 4 is 0 Å². The van der Waals surface area contributed by atoms with Crippen LogP contribution in [-0.2, 0) is 0 Å². The van der Waals surface area contributed by atoms with Crippen molar-refractivity contribution in [3.8, 4) is 0 Å². The summed E-state index contributed by atoms with van der Waals surface area (Å²) in [6, 6.07) is 9.51. The molecule has 3 heteroatoms. The fourth-order valence-corrected chi connectivity index (χ4v) is 2.94. The maximum Gasteiger partial charge on any atom is 0.0307 e. The lowest BCUT2D eigenvalue weighted by atomic mass is 10.0. The molecular formula is C17H29N3. The highest BCUT2D eigenvalue weighted by Crippen LogP contribution is 2.18. The third-order valence-corrected chi connectivity index (χ3v) is 4.61. The van der Waals surface area contributed by atoms with Crippen LogP contribution >= 0.6 is 0 Å². The molecule has 20 heavy (non-hydrogen) atoms. The topological polar surface area (TPSA) is 32.5 Å². The van der Waals surface area contributed by atoms with Crippen LogP contribution in [0.25, 0.3) is 0 Å². The van der Waals surface area contributed by atoms with Gasteiger partial charge in [-0.25, -0.2) is 0 Å². The molecule has 0 amide bonds. The Hall–Kier alpha value is -0.900. The lowest BCUT2D eigenvalue weighted by Gasteiger charge is -2.35. The molecule has 1 aliphatic rings. The van der Waals surface area contributed by atoms with Crippen LogP contribution in [0.3, 0.4) is 0 Å². The van der Waals surface area contributed by atoms with Gasteiger partial charge in [0.2, 0.25) is 0 Å². The summed E-state index contributed by atoms with van der Waals surface area (Å²) in [6.45, 7) is 5.64. The third kappa shape index (κ3) is 4.30. The first-order valence-electron chi connectivity index (χ1n) is 7.77. The maximum atomic E-state index is 6.31. The van der Waals surface area contributed by atoms with Crippen molar-refractivity contribution in [3.63, 3.8) is 0 Å². The second-order valence-corrected chi connectivity index (χ2v) is 6.32. The zero-order valence-corrected chi connectivity index (χ0v) is 13.2. The van der Waals surface area contributed by atoms with E-state index in [0.29, 0.717) is 0 Å². The van der Waals surface area contributed by atoms with E-state index in [-0.39, 0.29) is 6.04 Å². The van der Waals surface area contributed by atoms with Crippen molar-refractivity contribution in [1.29, 1.82) is 0 Å². The largest absolute Gasteiger partial charge is 0.324 e. The summed E-state index contributed by atoms with van der Waals surface area (Å²) in [6.07, 6.45) is 3.60. The third-order valence-electron chi connectivity index (χ3n) is 4.61. The number of piperidine rings is 1. The number of benzene rings is 1. The van der Waals surface area contributed by atoms with Crippen molar-refractivity contribution in [2.75, 3.05) is 33.7 Å². The van der Waals surface area contributed by atoms with Gasteiger partial charge in [-0.3, -0.25) is 0 Å². The molecule has 0 saturated carbocycles. The second kappa shape index (κ2) is 7.21. The number of nitrogens with two attached hydrogens (primary N) is 1. The standard InChI is InChI=1S/C17H29N3/c1-14-4-6-15(7-5-14)17(18)10-13-20(3)16-8-11-19(2)12-9-16/h4-7,16-17H,8-13,18H2,1-3H3. The van der Waals surface area contributed by atoms with Crippen molar-refractivity contribution < 1.29 is 0 Å². The number of rotatable bonds is 5. The summed E-state index contributed by atoms with van der Waals surface area (Å²) in [4.78, 5) is 4.92. The Kier molecular flexibility index (Phi) is 5.58. The van der Waals surface area contributed by atoms with Crippen LogP contribution in [0.5, 0.6) is 0 Å². The van der Waals surface area contributed by atoms with E-state index in [1.54, 1.807) is 0 Å². The molecule has 1 aromatic rings. The number of nitrogens with zero attached hydrogens (tertiary/aromatic N) is 2. The van der Waals surface area contributed by atoms with E-state index in [1.165, 1.54) is 37.1 Å². The van der Waals surface area contributed by atoms with E-state index >= 15 is 0 Å². The summed E-state index contributed by atoms with van der Waals surface area (Å²) >= 11 is 0. The molecule has 1 fully saturated rings. The van der Waals surface area contributed by atoms with Gasteiger partial charge in [-0.05, 0) is 65.5 Å². The van der Waals surface area contributed by atoms with Crippen LogP contribution in [0.15, 0.2) is 24.3 Å². The first kappa shape index (κ1) is 15.5. The first-order chi connectivity index (χ1) is 9.56. The van der Waals surface area contributed by atoms with E-state index in [1.807, 2.05) is 0 Å². The molecule has 0 aliphatic carbocycles. The summed E-state index contributed by atoms with van der Waals surface area (Å²) in [7, 11) is 4.46. The van der Waals surface area contributed by atoms with Crippen molar-refractivity contribution in [1.82, 2.24) is 9.80 Å². The molecule has 2 N–H and O–H groups in total.